The maximum Gasteiger partial charge on any atom is 0.211 e. The molecule has 0 saturated carbocycles. The van der Waals surface area contributed by atoms with E-state index in [1.807, 2.05) is 37.3 Å². The first-order chi connectivity index (χ1) is 12.1. The van der Waals surface area contributed by atoms with Crippen molar-refractivity contribution in [3.63, 3.8) is 0 Å². The van der Waals surface area contributed by atoms with Gasteiger partial charge in [0.25, 0.3) is 0 Å². The molecule has 1 aliphatic carbocycles. The molecule has 1 aromatic heterocycles. The molecule has 3 rings (SSSR count). The number of pyridine rings is 1. The highest BCUT2D eigenvalue weighted by Crippen LogP contribution is 2.38. The van der Waals surface area contributed by atoms with Crippen molar-refractivity contribution in [1.82, 2.24) is 4.98 Å². The fourth-order valence-electron chi connectivity index (χ4n) is 3.10. The highest BCUT2D eigenvalue weighted by Gasteiger charge is 2.29. The predicted molar refractivity (Wildman–Crippen MR) is 108 cm³/mol. The molecule has 0 bridgehead atoms. The standard InChI is InChI=1S/C18H20ClN5O.ClH/c1-2-25-16-7-8-22-14-9-11(12-5-3-4-6-13(12)19)10-15(17(14)16)23-24-18(20)21;/h3-8,11H,2,9-10H2,1H3,(H4,20,21,24);1H/b23-15-;. The summed E-state index contributed by atoms with van der Waals surface area (Å²) in [5.41, 5.74) is 14.5. The first-order valence-corrected chi connectivity index (χ1v) is 8.48. The molecule has 4 N–H and O–H groups in total. The molecule has 1 aliphatic rings. The van der Waals surface area contributed by atoms with E-state index in [0.29, 0.717) is 13.0 Å². The molecule has 138 valence electrons. The first-order valence-electron chi connectivity index (χ1n) is 8.11. The van der Waals surface area contributed by atoms with E-state index in [1.165, 1.54) is 0 Å². The molecular formula is C18H21Cl2N5O. The number of fused-ring (bicyclic) bond motifs is 1. The predicted octanol–water partition coefficient (Wildman–Crippen LogP) is 3.26. The quantitative estimate of drug-likeness (QED) is 0.472. The summed E-state index contributed by atoms with van der Waals surface area (Å²) in [6, 6.07) is 9.66. The van der Waals surface area contributed by atoms with Crippen LogP contribution in [0.4, 0.5) is 0 Å². The van der Waals surface area contributed by atoms with Crippen LogP contribution in [0.25, 0.3) is 0 Å². The van der Waals surface area contributed by atoms with Gasteiger partial charge in [0.2, 0.25) is 5.96 Å². The van der Waals surface area contributed by atoms with E-state index in [1.54, 1.807) is 6.20 Å². The van der Waals surface area contributed by atoms with Gasteiger partial charge in [-0.2, -0.15) is 5.10 Å². The normalized spacial score (nSPS) is 17.2. The topological polar surface area (TPSA) is 98.9 Å². The summed E-state index contributed by atoms with van der Waals surface area (Å²) >= 11 is 6.39. The minimum Gasteiger partial charge on any atom is -0.493 e. The molecule has 26 heavy (non-hydrogen) atoms. The Labute approximate surface area is 163 Å². The summed E-state index contributed by atoms with van der Waals surface area (Å²) < 4.78 is 5.75. The SMILES string of the molecule is CCOc1ccnc2c1/C(=N\N=C(N)N)CC(c1ccccc1Cl)C2.Cl. The largest absolute Gasteiger partial charge is 0.493 e. The van der Waals surface area contributed by atoms with E-state index >= 15 is 0 Å². The zero-order valence-corrected chi connectivity index (χ0v) is 15.9. The van der Waals surface area contributed by atoms with Crippen LogP contribution in [0.5, 0.6) is 5.75 Å². The summed E-state index contributed by atoms with van der Waals surface area (Å²) in [4.78, 5) is 4.53. The van der Waals surface area contributed by atoms with Crippen LogP contribution in [0.1, 0.15) is 36.1 Å². The Hall–Kier alpha value is -2.31. The van der Waals surface area contributed by atoms with Crippen molar-refractivity contribution < 1.29 is 4.74 Å². The number of rotatable bonds is 4. The number of guanidine groups is 1. The van der Waals surface area contributed by atoms with Gasteiger partial charge in [0.05, 0.1) is 23.6 Å². The second-order valence-corrected chi connectivity index (χ2v) is 6.17. The third-order valence-corrected chi connectivity index (χ3v) is 4.43. The molecular weight excluding hydrogens is 373 g/mol. The van der Waals surface area contributed by atoms with Crippen LogP contribution in [-0.2, 0) is 6.42 Å². The minimum atomic E-state index is -0.0873. The summed E-state index contributed by atoms with van der Waals surface area (Å²) in [5, 5.41) is 8.84. The van der Waals surface area contributed by atoms with Gasteiger partial charge in [-0.3, -0.25) is 4.98 Å². The summed E-state index contributed by atoms with van der Waals surface area (Å²) in [7, 11) is 0. The van der Waals surface area contributed by atoms with Crippen LogP contribution in [0.3, 0.4) is 0 Å². The van der Waals surface area contributed by atoms with Gasteiger partial charge in [-0.05, 0) is 43.4 Å². The average molecular weight is 394 g/mol. The highest BCUT2D eigenvalue weighted by molar-refractivity contribution is 6.31. The third kappa shape index (κ3) is 4.26. The number of nitrogens with zero attached hydrogens (tertiary/aromatic N) is 3. The van der Waals surface area contributed by atoms with E-state index in [4.69, 9.17) is 27.8 Å². The number of hydrogen-bond acceptors (Lipinski definition) is 4. The fourth-order valence-corrected chi connectivity index (χ4v) is 3.39. The minimum absolute atomic E-state index is 0. The molecule has 8 heteroatoms. The van der Waals surface area contributed by atoms with Crippen LogP contribution in [0, 0.1) is 0 Å². The lowest BCUT2D eigenvalue weighted by molar-refractivity contribution is 0.338. The highest BCUT2D eigenvalue weighted by atomic mass is 35.5. The van der Waals surface area contributed by atoms with Crippen molar-refractivity contribution in [1.29, 1.82) is 0 Å². The Kier molecular flexibility index (Phi) is 6.83. The van der Waals surface area contributed by atoms with Crippen molar-refractivity contribution in [2.45, 2.75) is 25.7 Å². The van der Waals surface area contributed by atoms with E-state index in [2.05, 4.69) is 15.2 Å². The van der Waals surface area contributed by atoms with Crippen LogP contribution in [-0.4, -0.2) is 23.3 Å². The second-order valence-electron chi connectivity index (χ2n) is 5.76. The number of halogens is 2. The molecule has 0 aliphatic heterocycles. The molecule has 0 radical (unpaired) electrons. The first kappa shape index (κ1) is 20.0. The van der Waals surface area contributed by atoms with Crippen molar-refractivity contribution in [2.24, 2.45) is 21.7 Å². The van der Waals surface area contributed by atoms with Crippen molar-refractivity contribution in [3.05, 3.63) is 58.4 Å². The summed E-state index contributed by atoms with van der Waals surface area (Å²) in [6.45, 7) is 2.50. The lowest BCUT2D eigenvalue weighted by Crippen LogP contribution is -2.24. The van der Waals surface area contributed by atoms with Gasteiger partial charge in [-0.25, -0.2) is 0 Å². The fraction of sp³-hybridized carbons (Fsp3) is 0.278. The zero-order chi connectivity index (χ0) is 17.8. The molecule has 1 aromatic carbocycles. The van der Waals surface area contributed by atoms with Gasteiger partial charge < -0.3 is 16.2 Å². The monoisotopic (exact) mass is 393 g/mol. The Morgan fingerprint density at radius 2 is 2.04 bits per heavy atom. The van der Waals surface area contributed by atoms with Crippen LogP contribution < -0.4 is 16.2 Å². The zero-order valence-electron chi connectivity index (χ0n) is 14.4. The maximum atomic E-state index is 6.39. The number of aromatic nitrogens is 1. The molecule has 2 aromatic rings. The molecule has 0 saturated heterocycles. The Morgan fingerprint density at radius 1 is 1.27 bits per heavy atom. The van der Waals surface area contributed by atoms with Crippen molar-refractivity contribution in [2.75, 3.05) is 6.61 Å². The summed E-state index contributed by atoms with van der Waals surface area (Å²) in [6.07, 6.45) is 3.15. The van der Waals surface area contributed by atoms with Crippen molar-refractivity contribution in [3.8, 4) is 5.75 Å². The van der Waals surface area contributed by atoms with Gasteiger partial charge >= 0.3 is 0 Å². The Morgan fingerprint density at radius 3 is 2.73 bits per heavy atom. The molecule has 1 heterocycles. The number of hydrogen-bond donors (Lipinski definition) is 2. The van der Waals surface area contributed by atoms with Gasteiger partial charge in [0, 0.05) is 11.2 Å². The van der Waals surface area contributed by atoms with Crippen LogP contribution >= 0.6 is 24.0 Å². The van der Waals surface area contributed by atoms with E-state index in [0.717, 1.165) is 39.7 Å². The lowest BCUT2D eigenvalue weighted by atomic mass is 9.81. The van der Waals surface area contributed by atoms with Gasteiger partial charge in [0.1, 0.15) is 5.75 Å². The Balaban J connectivity index is 0.00000243. The summed E-state index contributed by atoms with van der Waals surface area (Å²) in [5.74, 6) is 0.809. The number of nitrogens with two attached hydrogens (primary N) is 2. The smallest absolute Gasteiger partial charge is 0.211 e. The maximum absolute atomic E-state index is 6.39. The van der Waals surface area contributed by atoms with Crippen molar-refractivity contribution >= 4 is 35.7 Å². The van der Waals surface area contributed by atoms with E-state index in [9.17, 15) is 0 Å². The second kappa shape index (κ2) is 8.87. The Bertz CT molecular complexity index is 834. The third-order valence-electron chi connectivity index (χ3n) is 4.09. The number of benzene rings is 1. The van der Waals surface area contributed by atoms with E-state index < -0.39 is 0 Å². The van der Waals surface area contributed by atoms with E-state index in [-0.39, 0.29) is 24.3 Å². The molecule has 0 spiro atoms. The molecule has 0 amide bonds. The average Bonchev–Trinajstić information content (AvgIpc) is 2.60. The number of ether oxygens (including phenoxy) is 1. The van der Waals surface area contributed by atoms with Crippen LogP contribution in [0.2, 0.25) is 5.02 Å². The lowest BCUT2D eigenvalue weighted by Gasteiger charge is -2.27. The molecule has 6 nitrogen and oxygen atoms in total. The van der Waals surface area contributed by atoms with Gasteiger partial charge in [-0.15, -0.1) is 17.5 Å². The molecule has 0 fully saturated rings. The molecule has 1 unspecified atom stereocenters. The van der Waals surface area contributed by atoms with Crippen LogP contribution in [0.15, 0.2) is 46.7 Å². The van der Waals surface area contributed by atoms with Gasteiger partial charge in [0.15, 0.2) is 0 Å². The molecule has 1 atom stereocenters. The van der Waals surface area contributed by atoms with Gasteiger partial charge in [-0.1, -0.05) is 29.8 Å².